The molecule has 0 spiro atoms. The maximum Gasteiger partial charge on any atom is 0.0403 e. The summed E-state index contributed by atoms with van der Waals surface area (Å²) in [6.45, 7) is 4.23. The van der Waals surface area contributed by atoms with Gasteiger partial charge in [-0.25, -0.2) is 0 Å². The molecule has 0 fully saturated rings. The summed E-state index contributed by atoms with van der Waals surface area (Å²) in [4.78, 5) is 5.62. The number of hydrogen-bond donors (Lipinski definition) is 0. The fourth-order valence-electron chi connectivity index (χ4n) is 1.73. The van der Waals surface area contributed by atoms with Gasteiger partial charge in [-0.1, -0.05) is 18.2 Å². The molecule has 0 aliphatic carbocycles. The average Bonchev–Trinajstić information content (AvgIpc) is 2.53. The van der Waals surface area contributed by atoms with Crippen LogP contribution in [0.25, 0.3) is 10.1 Å². The van der Waals surface area contributed by atoms with Gasteiger partial charge in [-0.15, -0.1) is 11.3 Å². The van der Waals surface area contributed by atoms with Crippen LogP contribution in [-0.2, 0) is 0 Å². The Morgan fingerprint density at radius 2 is 2.00 bits per heavy atom. The first-order valence-electron chi connectivity index (χ1n) is 4.66. The van der Waals surface area contributed by atoms with E-state index in [-0.39, 0.29) is 0 Å². The van der Waals surface area contributed by atoms with Gasteiger partial charge in [0.1, 0.15) is 0 Å². The molecule has 0 aliphatic heterocycles. The summed E-state index contributed by atoms with van der Waals surface area (Å²) in [6.07, 6.45) is 0. The predicted octanol–water partition coefficient (Wildman–Crippen LogP) is 3.65. The smallest absolute Gasteiger partial charge is 0.0403 e. The van der Waals surface area contributed by atoms with Crippen molar-refractivity contribution in [3.8, 4) is 0 Å². The highest BCUT2D eigenvalue weighted by Gasteiger charge is 2.09. The number of aryl methyl sites for hydroxylation is 1. The van der Waals surface area contributed by atoms with Crippen LogP contribution >= 0.6 is 11.3 Å². The first-order valence-corrected chi connectivity index (χ1v) is 5.47. The quantitative estimate of drug-likeness (QED) is 0.627. The van der Waals surface area contributed by atoms with Crippen molar-refractivity contribution in [3.63, 3.8) is 0 Å². The molecule has 0 N–H and O–H groups in total. The first-order chi connectivity index (χ1) is 6.74. The second kappa shape index (κ2) is 3.54. The van der Waals surface area contributed by atoms with E-state index in [1.807, 2.05) is 18.4 Å². The van der Waals surface area contributed by atoms with Gasteiger partial charge in [0.25, 0.3) is 0 Å². The Kier molecular flexibility index (Phi) is 2.38. The number of rotatable bonds is 1. The predicted molar refractivity (Wildman–Crippen MR) is 64.7 cm³/mol. The molecule has 1 nitrogen and oxygen atoms in total. The van der Waals surface area contributed by atoms with E-state index in [0.717, 1.165) is 5.71 Å². The van der Waals surface area contributed by atoms with Crippen molar-refractivity contribution in [2.45, 2.75) is 13.8 Å². The molecule has 2 heteroatoms. The van der Waals surface area contributed by atoms with Crippen molar-refractivity contribution in [2.24, 2.45) is 4.99 Å². The van der Waals surface area contributed by atoms with Crippen LogP contribution in [-0.4, -0.2) is 12.8 Å². The summed E-state index contributed by atoms with van der Waals surface area (Å²) in [5.74, 6) is 0. The zero-order chi connectivity index (χ0) is 10.1. The SMILES string of the molecule is CN=C(C)c1c(C)sc2ccccc12. The number of benzene rings is 1. The third kappa shape index (κ3) is 1.36. The molecule has 14 heavy (non-hydrogen) atoms. The molecule has 0 saturated carbocycles. The van der Waals surface area contributed by atoms with E-state index >= 15 is 0 Å². The van der Waals surface area contributed by atoms with Crippen LogP contribution in [0.2, 0.25) is 0 Å². The highest BCUT2D eigenvalue weighted by molar-refractivity contribution is 7.19. The summed E-state index contributed by atoms with van der Waals surface area (Å²) in [7, 11) is 1.85. The zero-order valence-corrected chi connectivity index (χ0v) is 9.48. The number of hydrogen-bond acceptors (Lipinski definition) is 2. The summed E-state index contributed by atoms with van der Waals surface area (Å²) < 4.78 is 1.35. The lowest BCUT2D eigenvalue weighted by Crippen LogP contribution is -1.94. The molecule has 1 heterocycles. The summed E-state index contributed by atoms with van der Waals surface area (Å²) >= 11 is 1.84. The zero-order valence-electron chi connectivity index (χ0n) is 8.66. The lowest BCUT2D eigenvalue weighted by Gasteiger charge is -1.98. The van der Waals surface area contributed by atoms with E-state index in [1.165, 1.54) is 20.5 Å². The molecule has 0 bridgehead atoms. The largest absolute Gasteiger partial charge is 0.293 e. The standard InChI is InChI=1S/C12H13NS/c1-8(13-3)12-9(2)14-11-7-5-4-6-10(11)12/h4-7H,1-3H3. The third-order valence-electron chi connectivity index (χ3n) is 2.47. The Hall–Kier alpha value is -1.15. The van der Waals surface area contributed by atoms with Crippen molar-refractivity contribution >= 4 is 27.1 Å². The average molecular weight is 203 g/mol. The lowest BCUT2D eigenvalue weighted by molar-refractivity contribution is 1.41. The minimum atomic E-state index is 1.12. The van der Waals surface area contributed by atoms with Crippen molar-refractivity contribution < 1.29 is 0 Å². The normalized spacial score (nSPS) is 12.4. The highest BCUT2D eigenvalue weighted by Crippen LogP contribution is 2.30. The Labute approximate surface area is 88.1 Å². The van der Waals surface area contributed by atoms with Crippen molar-refractivity contribution in [2.75, 3.05) is 7.05 Å². The van der Waals surface area contributed by atoms with Gasteiger partial charge < -0.3 is 0 Å². The van der Waals surface area contributed by atoms with E-state index in [0.29, 0.717) is 0 Å². The van der Waals surface area contributed by atoms with Crippen LogP contribution < -0.4 is 0 Å². The Morgan fingerprint density at radius 1 is 1.29 bits per heavy atom. The molecule has 0 saturated heterocycles. The second-order valence-electron chi connectivity index (χ2n) is 3.34. The molecular formula is C12H13NS. The minimum Gasteiger partial charge on any atom is -0.293 e. The second-order valence-corrected chi connectivity index (χ2v) is 4.59. The lowest BCUT2D eigenvalue weighted by atomic mass is 10.1. The molecule has 0 radical (unpaired) electrons. The molecule has 72 valence electrons. The Morgan fingerprint density at radius 3 is 2.71 bits per heavy atom. The molecule has 2 rings (SSSR count). The van der Waals surface area contributed by atoms with Gasteiger partial charge >= 0.3 is 0 Å². The van der Waals surface area contributed by atoms with Crippen LogP contribution in [0.1, 0.15) is 17.4 Å². The van der Waals surface area contributed by atoms with E-state index < -0.39 is 0 Å². The molecule has 0 amide bonds. The maximum atomic E-state index is 4.27. The molecule has 1 aromatic carbocycles. The van der Waals surface area contributed by atoms with Gasteiger partial charge in [-0.3, -0.25) is 4.99 Å². The number of nitrogens with zero attached hydrogens (tertiary/aromatic N) is 1. The Bertz CT molecular complexity index is 494. The van der Waals surface area contributed by atoms with Gasteiger partial charge in [0, 0.05) is 33.3 Å². The van der Waals surface area contributed by atoms with Gasteiger partial charge in [0.05, 0.1) is 0 Å². The van der Waals surface area contributed by atoms with Crippen LogP contribution in [0.3, 0.4) is 0 Å². The molecule has 1 aromatic heterocycles. The number of thiophene rings is 1. The van der Waals surface area contributed by atoms with Crippen molar-refractivity contribution in [1.29, 1.82) is 0 Å². The van der Waals surface area contributed by atoms with Crippen LogP contribution in [0, 0.1) is 6.92 Å². The van der Waals surface area contributed by atoms with Gasteiger partial charge in [-0.05, 0) is 19.9 Å². The monoisotopic (exact) mass is 203 g/mol. The first kappa shape index (κ1) is 9.41. The van der Waals surface area contributed by atoms with E-state index in [2.05, 4.69) is 43.1 Å². The number of fused-ring (bicyclic) bond motifs is 1. The van der Waals surface area contributed by atoms with Crippen LogP contribution in [0.15, 0.2) is 29.3 Å². The highest BCUT2D eigenvalue weighted by atomic mass is 32.1. The van der Waals surface area contributed by atoms with Crippen molar-refractivity contribution in [3.05, 3.63) is 34.7 Å². The third-order valence-corrected chi connectivity index (χ3v) is 3.55. The minimum absolute atomic E-state index is 1.12. The van der Waals surface area contributed by atoms with Crippen LogP contribution in [0.5, 0.6) is 0 Å². The molecular weight excluding hydrogens is 190 g/mol. The fraction of sp³-hybridized carbons (Fsp3) is 0.250. The van der Waals surface area contributed by atoms with Gasteiger partial charge in [0.2, 0.25) is 0 Å². The topological polar surface area (TPSA) is 12.4 Å². The molecule has 0 unspecified atom stereocenters. The molecule has 0 aliphatic rings. The maximum absolute atomic E-state index is 4.27. The Balaban J connectivity index is 2.81. The number of aliphatic imine (C=N–C) groups is 1. The van der Waals surface area contributed by atoms with Gasteiger partial charge in [0.15, 0.2) is 0 Å². The molecule has 0 atom stereocenters. The summed E-state index contributed by atoms with van der Waals surface area (Å²) in [6, 6.07) is 8.50. The van der Waals surface area contributed by atoms with Crippen molar-refractivity contribution in [1.82, 2.24) is 0 Å². The summed E-state index contributed by atoms with van der Waals surface area (Å²) in [5, 5.41) is 1.33. The van der Waals surface area contributed by atoms with Gasteiger partial charge in [-0.2, -0.15) is 0 Å². The molecule has 2 aromatic rings. The fourth-order valence-corrected chi connectivity index (χ4v) is 2.85. The summed E-state index contributed by atoms with van der Waals surface area (Å²) in [5.41, 5.74) is 2.44. The van der Waals surface area contributed by atoms with Crippen LogP contribution in [0.4, 0.5) is 0 Å². The van der Waals surface area contributed by atoms with E-state index in [1.54, 1.807) is 0 Å². The van der Waals surface area contributed by atoms with E-state index in [4.69, 9.17) is 0 Å². The van der Waals surface area contributed by atoms with E-state index in [9.17, 15) is 0 Å².